The highest BCUT2D eigenvalue weighted by atomic mass is 28.4. The molecule has 0 heterocycles. The topological polar surface area (TPSA) is 29.5 Å². The summed E-state index contributed by atoms with van der Waals surface area (Å²) in [7, 11) is -1.71. The van der Waals surface area contributed by atoms with Gasteiger partial charge in [0.1, 0.15) is 0 Å². The second-order valence-corrected chi connectivity index (χ2v) is 10.7. The molecule has 0 aliphatic heterocycles. The van der Waals surface area contributed by atoms with Gasteiger partial charge in [-0.05, 0) is 24.6 Å². The van der Waals surface area contributed by atoms with Crippen LogP contribution >= 0.6 is 0 Å². The SMILES string of the molecule is CCC/C=C/C(O)CO[Si](C)(C)C(C)(C)C. The molecule has 1 unspecified atom stereocenters. The van der Waals surface area contributed by atoms with Crippen molar-refractivity contribution in [3.05, 3.63) is 12.2 Å². The van der Waals surface area contributed by atoms with Gasteiger partial charge in [-0.1, -0.05) is 46.3 Å². The van der Waals surface area contributed by atoms with Crippen LogP contribution in [0.15, 0.2) is 12.2 Å². The summed E-state index contributed by atoms with van der Waals surface area (Å²) in [4.78, 5) is 0. The predicted octanol–water partition coefficient (Wildman–Crippen LogP) is 3.73. The second kappa shape index (κ2) is 6.57. The van der Waals surface area contributed by atoms with Gasteiger partial charge >= 0.3 is 0 Å². The Bertz CT molecular complexity index is 216. The lowest BCUT2D eigenvalue weighted by Gasteiger charge is -2.36. The van der Waals surface area contributed by atoms with Crippen LogP contribution in [0.25, 0.3) is 0 Å². The Labute approximate surface area is 102 Å². The van der Waals surface area contributed by atoms with Gasteiger partial charge < -0.3 is 9.53 Å². The Kier molecular flexibility index (Phi) is 6.52. The van der Waals surface area contributed by atoms with E-state index < -0.39 is 14.4 Å². The van der Waals surface area contributed by atoms with E-state index in [2.05, 4.69) is 40.8 Å². The minimum atomic E-state index is -1.71. The third kappa shape index (κ3) is 5.82. The molecule has 1 atom stereocenters. The van der Waals surface area contributed by atoms with Crippen LogP contribution in [-0.4, -0.2) is 26.1 Å². The number of unbranched alkanes of at least 4 members (excludes halogenated alkanes) is 1. The van der Waals surface area contributed by atoms with Crippen molar-refractivity contribution in [1.29, 1.82) is 0 Å². The normalized spacial score (nSPS) is 15.7. The molecule has 0 rings (SSSR count). The lowest BCUT2D eigenvalue weighted by molar-refractivity contribution is 0.135. The number of rotatable bonds is 6. The van der Waals surface area contributed by atoms with Crippen LogP contribution in [-0.2, 0) is 4.43 Å². The molecular weight excluding hydrogens is 216 g/mol. The first-order valence-corrected chi connectivity index (χ1v) is 9.10. The third-order valence-electron chi connectivity index (χ3n) is 3.23. The maximum absolute atomic E-state index is 9.72. The zero-order valence-electron chi connectivity index (χ0n) is 11.7. The van der Waals surface area contributed by atoms with Crippen molar-refractivity contribution in [3.8, 4) is 0 Å². The Morgan fingerprint density at radius 2 is 1.88 bits per heavy atom. The molecule has 0 saturated carbocycles. The van der Waals surface area contributed by atoms with Crippen LogP contribution in [0.1, 0.15) is 40.5 Å². The van der Waals surface area contributed by atoms with Crippen molar-refractivity contribution in [1.82, 2.24) is 0 Å². The van der Waals surface area contributed by atoms with Gasteiger partial charge in [0.2, 0.25) is 0 Å². The highest BCUT2D eigenvalue weighted by Gasteiger charge is 2.37. The average Bonchev–Trinajstić information content (AvgIpc) is 2.13. The molecule has 0 spiro atoms. The molecule has 0 aromatic heterocycles. The van der Waals surface area contributed by atoms with E-state index in [1.54, 1.807) is 0 Å². The molecule has 0 saturated heterocycles. The summed E-state index contributed by atoms with van der Waals surface area (Å²) in [6.45, 7) is 13.6. The van der Waals surface area contributed by atoms with Gasteiger partial charge in [-0.25, -0.2) is 0 Å². The van der Waals surface area contributed by atoms with Crippen LogP contribution in [0.5, 0.6) is 0 Å². The van der Waals surface area contributed by atoms with Crippen LogP contribution < -0.4 is 0 Å². The van der Waals surface area contributed by atoms with E-state index in [0.29, 0.717) is 6.61 Å². The molecule has 1 N–H and O–H groups in total. The molecule has 16 heavy (non-hydrogen) atoms. The fraction of sp³-hybridized carbons (Fsp3) is 0.846. The molecular formula is C13H28O2Si. The standard InChI is InChI=1S/C13H28O2Si/c1-7-8-9-10-12(14)11-15-16(5,6)13(2,3)4/h9-10,12,14H,7-8,11H2,1-6H3/b10-9+. The monoisotopic (exact) mass is 244 g/mol. The zero-order valence-corrected chi connectivity index (χ0v) is 12.7. The summed E-state index contributed by atoms with van der Waals surface area (Å²) >= 11 is 0. The van der Waals surface area contributed by atoms with Gasteiger partial charge in [-0.15, -0.1) is 0 Å². The number of hydrogen-bond acceptors (Lipinski definition) is 2. The van der Waals surface area contributed by atoms with E-state index in [4.69, 9.17) is 4.43 Å². The highest BCUT2D eigenvalue weighted by molar-refractivity contribution is 6.74. The van der Waals surface area contributed by atoms with E-state index in [-0.39, 0.29) is 5.04 Å². The minimum absolute atomic E-state index is 0.208. The van der Waals surface area contributed by atoms with E-state index >= 15 is 0 Å². The Morgan fingerprint density at radius 1 is 1.31 bits per heavy atom. The van der Waals surface area contributed by atoms with E-state index in [0.717, 1.165) is 12.8 Å². The summed E-state index contributed by atoms with van der Waals surface area (Å²) < 4.78 is 5.92. The second-order valence-electron chi connectivity index (χ2n) is 5.86. The van der Waals surface area contributed by atoms with Crippen LogP contribution in [0.4, 0.5) is 0 Å². The quantitative estimate of drug-likeness (QED) is 0.570. The Morgan fingerprint density at radius 3 is 2.31 bits per heavy atom. The van der Waals surface area contributed by atoms with Gasteiger partial charge in [0.15, 0.2) is 8.32 Å². The van der Waals surface area contributed by atoms with Crippen molar-refractivity contribution in [3.63, 3.8) is 0 Å². The molecule has 0 aliphatic rings. The molecule has 96 valence electrons. The van der Waals surface area contributed by atoms with Crippen molar-refractivity contribution in [2.45, 2.75) is 64.8 Å². The summed E-state index contributed by atoms with van der Waals surface area (Å²) in [6.07, 6.45) is 5.56. The van der Waals surface area contributed by atoms with Crippen molar-refractivity contribution in [2.75, 3.05) is 6.61 Å². The Balaban J connectivity index is 4.05. The summed E-state index contributed by atoms with van der Waals surface area (Å²) in [5, 5.41) is 9.92. The molecule has 2 nitrogen and oxygen atoms in total. The summed E-state index contributed by atoms with van der Waals surface area (Å²) in [5.74, 6) is 0. The van der Waals surface area contributed by atoms with Crippen LogP contribution in [0.2, 0.25) is 18.1 Å². The average molecular weight is 244 g/mol. The first-order valence-electron chi connectivity index (χ1n) is 6.19. The fourth-order valence-corrected chi connectivity index (χ4v) is 2.01. The van der Waals surface area contributed by atoms with Gasteiger partial charge in [-0.3, -0.25) is 0 Å². The highest BCUT2D eigenvalue weighted by Crippen LogP contribution is 2.36. The maximum atomic E-state index is 9.72. The van der Waals surface area contributed by atoms with Gasteiger partial charge in [0.25, 0.3) is 0 Å². The fourth-order valence-electron chi connectivity index (χ4n) is 0.986. The molecule has 0 aromatic carbocycles. The first kappa shape index (κ1) is 15.9. The maximum Gasteiger partial charge on any atom is 0.192 e. The van der Waals surface area contributed by atoms with Gasteiger partial charge in [0.05, 0.1) is 12.7 Å². The number of hydrogen-bond donors (Lipinski definition) is 1. The van der Waals surface area contributed by atoms with Gasteiger partial charge in [0, 0.05) is 0 Å². The molecule has 0 amide bonds. The van der Waals surface area contributed by atoms with E-state index in [1.807, 2.05) is 12.2 Å². The van der Waals surface area contributed by atoms with Crippen molar-refractivity contribution >= 4 is 8.32 Å². The smallest absolute Gasteiger partial charge is 0.192 e. The molecule has 3 heteroatoms. The molecule has 0 fully saturated rings. The number of aliphatic hydroxyl groups is 1. The largest absolute Gasteiger partial charge is 0.414 e. The molecule has 0 radical (unpaired) electrons. The lowest BCUT2D eigenvalue weighted by Crippen LogP contribution is -2.42. The molecule has 0 aliphatic carbocycles. The number of aliphatic hydroxyl groups excluding tert-OH is 1. The first-order chi connectivity index (χ1) is 7.20. The van der Waals surface area contributed by atoms with Crippen molar-refractivity contribution in [2.24, 2.45) is 0 Å². The van der Waals surface area contributed by atoms with Gasteiger partial charge in [-0.2, -0.15) is 0 Å². The summed E-state index contributed by atoms with van der Waals surface area (Å²) in [5.41, 5.74) is 0. The van der Waals surface area contributed by atoms with E-state index in [1.165, 1.54) is 0 Å². The molecule has 0 aromatic rings. The zero-order chi connectivity index (χ0) is 12.8. The molecule has 0 bridgehead atoms. The van der Waals surface area contributed by atoms with Crippen LogP contribution in [0.3, 0.4) is 0 Å². The Hall–Kier alpha value is -0.123. The summed E-state index contributed by atoms with van der Waals surface area (Å²) in [6, 6.07) is 0. The minimum Gasteiger partial charge on any atom is -0.414 e. The van der Waals surface area contributed by atoms with Crippen LogP contribution in [0, 0.1) is 0 Å². The number of allylic oxidation sites excluding steroid dienone is 1. The van der Waals surface area contributed by atoms with Crippen molar-refractivity contribution < 1.29 is 9.53 Å². The predicted molar refractivity (Wildman–Crippen MR) is 73.2 cm³/mol. The third-order valence-corrected chi connectivity index (χ3v) is 7.74. The lowest BCUT2D eigenvalue weighted by atomic mass is 10.2. The van der Waals surface area contributed by atoms with E-state index in [9.17, 15) is 5.11 Å².